The van der Waals surface area contributed by atoms with E-state index >= 15 is 0 Å². The SMILES string of the molecule is CCCCCCOC(=O)c1ccc(N=CC2=C(O)CCCC2=O)cc1. The minimum Gasteiger partial charge on any atom is -0.512 e. The zero-order chi connectivity index (χ0) is 18.1. The molecule has 5 heteroatoms. The zero-order valence-corrected chi connectivity index (χ0v) is 14.7. The number of carbonyl (C=O) groups is 2. The van der Waals surface area contributed by atoms with Gasteiger partial charge >= 0.3 is 5.97 Å². The molecule has 0 aromatic heterocycles. The molecule has 0 radical (unpaired) electrons. The van der Waals surface area contributed by atoms with Crippen LogP contribution in [-0.4, -0.2) is 29.7 Å². The Hall–Kier alpha value is -2.43. The van der Waals surface area contributed by atoms with Gasteiger partial charge in [0.25, 0.3) is 0 Å². The highest BCUT2D eigenvalue weighted by Crippen LogP contribution is 2.20. The summed E-state index contributed by atoms with van der Waals surface area (Å²) in [6, 6.07) is 6.68. The standard InChI is InChI=1S/C20H25NO4/c1-2-3-4-5-13-25-20(24)15-9-11-16(12-10-15)21-14-17-18(22)7-6-8-19(17)23/h9-12,14,22H,2-8,13H2,1H3. The van der Waals surface area contributed by atoms with Crippen molar-refractivity contribution in [2.45, 2.75) is 51.9 Å². The molecule has 0 saturated carbocycles. The number of rotatable bonds is 8. The van der Waals surface area contributed by atoms with E-state index in [4.69, 9.17) is 4.74 Å². The average molecular weight is 343 g/mol. The molecule has 0 fully saturated rings. The molecule has 0 bridgehead atoms. The van der Waals surface area contributed by atoms with E-state index in [-0.39, 0.29) is 23.1 Å². The van der Waals surface area contributed by atoms with E-state index in [0.29, 0.717) is 37.1 Å². The van der Waals surface area contributed by atoms with E-state index in [1.165, 1.54) is 6.21 Å². The Morgan fingerprint density at radius 2 is 1.96 bits per heavy atom. The molecule has 25 heavy (non-hydrogen) atoms. The fourth-order valence-corrected chi connectivity index (χ4v) is 2.59. The summed E-state index contributed by atoms with van der Waals surface area (Å²) in [5.41, 5.74) is 1.37. The Kier molecular flexibility index (Phi) is 7.38. The normalized spacial score (nSPS) is 15.0. The lowest BCUT2D eigenvalue weighted by Crippen LogP contribution is -2.12. The summed E-state index contributed by atoms with van der Waals surface area (Å²) >= 11 is 0. The largest absolute Gasteiger partial charge is 0.512 e. The number of benzene rings is 1. The fourth-order valence-electron chi connectivity index (χ4n) is 2.59. The predicted molar refractivity (Wildman–Crippen MR) is 97.5 cm³/mol. The number of aliphatic imine (C=N–C) groups is 1. The van der Waals surface area contributed by atoms with Gasteiger partial charge in [0.15, 0.2) is 5.78 Å². The van der Waals surface area contributed by atoms with Crippen LogP contribution in [0.3, 0.4) is 0 Å². The van der Waals surface area contributed by atoms with Crippen LogP contribution in [-0.2, 0) is 9.53 Å². The average Bonchev–Trinajstić information content (AvgIpc) is 2.61. The van der Waals surface area contributed by atoms with Gasteiger partial charge in [0, 0.05) is 19.1 Å². The van der Waals surface area contributed by atoms with Gasteiger partial charge in [0.05, 0.1) is 23.4 Å². The van der Waals surface area contributed by atoms with Crippen LogP contribution >= 0.6 is 0 Å². The van der Waals surface area contributed by atoms with Gasteiger partial charge in [-0.2, -0.15) is 0 Å². The third kappa shape index (κ3) is 5.85. The van der Waals surface area contributed by atoms with Gasteiger partial charge in [0.2, 0.25) is 0 Å². The van der Waals surface area contributed by atoms with Crippen molar-refractivity contribution in [3.8, 4) is 0 Å². The number of esters is 1. The van der Waals surface area contributed by atoms with Crippen molar-refractivity contribution in [3.05, 3.63) is 41.2 Å². The van der Waals surface area contributed by atoms with Crippen LogP contribution in [0.2, 0.25) is 0 Å². The first-order chi connectivity index (χ1) is 12.1. The highest BCUT2D eigenvalue weighted by atomic mass is 16.5. The summed E-state index contributed by atoms with van der Waals surface area (Å²) in [4.78, 5) is 27.9. The van der Waals surface area contributed by atoms with Crippen molar-refractivity contribution < 1.29 is 19.4 Å². The molecule has 0 spiro atoms. The quantitative estimate of drug-likeness (QED) is 0.422. The van der Waals surface area contributed by atoms with E-state index in [0.717, 1.165) is 25.7 Å². The summed E-state index contributed by atoms with van der Waals surface area (Å²) in [6.07, 6.45) is 7.28. The molecule has 0 unspecified atom stereocenters. The highest BCUT2D eigenvalue weighted by Gasteiger charge is 2.18. The van der Waals surface area contributed by atoms with Crippen LogP contribution in [0.4, 0.5) is 5.69 Å². The van der Waals surface area contributed by atoms with E-state index in [9.17, 15) is 14.7 Å². The number of aliphatic hydroxyl groups excluding tert-OH is 1. The topological polar surface area (TPSA) is 76.0 Å². The van der Waals surface area contributed by atoms with Crippen LogP contribution in [0, 0.1) is 0 Å². The summed E-state index contributed by atoms with van der Waals surface area (Å²) in [7, 11) is 0. The van der Waals surface area contributed by atoms with E-state index < -0.39 is 0 Å². The number of carbonyl (C=O) groups excluding carboxylic acids is 2. The molecular formula is C20H25NO4. The van der Waals surface area contributed by atoms with Crippen molar-refractivity contribution >= 4 is 23.7 Å². The van der Waals surface area contributed by atoms with Gasteiger partial charge in [0.1, 0.15) is 5.76 Å². The summed E-state index contributed by atoms with van der Waals surface area (Å²) in [5, 5.41) is 9.78. The number of Topliss-reactive ketones (excluding diaryl/α,β-unsaturated/α-hetero) is 1. The molecule has 0 amide bonds. The molecule has 0 saturated heterocycles. The molecule has 2 rings (SSSR count). The van der Waals surface area contributed by atoms with Crippen LogP contribution in [0.1, 0.15) is 62.2 Å². The van der Waals surface area contributed by atoms with Crippen molar-refractivity contribution in [1.29, 1.82) is 0 Å². The second-order valence-electron chi connectivity index (χ2n) is 6.14. The van der Waals surface area contributed by atoms with Gasteiger partial charge in [-0.05, 0) is 37.1 Å². The monoisotopic (exact) mass is 343 g/mol. The summed E-state index contributed by atoms with van der Waals surface area (Å²) < 4.78 is 5.24. The van der Waals surface area contributed by atoms with Gasteiger partial charge in [-0.3, -0.25) is 9.79 Å². The highest BCUT2D eigenvalue weighted by molar-refractivity contribution is 6.14. The number of ketones is 1. The predicted octanol–water partition coefficient (Wildman–Crippen LogP) is 4.69. The molecule has 134 valence electrons. The van der Waals surface area contributed by atoms with Crippen molar-refractivity contribution in [1.82, 2.24) is 0 Å². The van der Waals surface area contributed by atoms with Crippen molar-refractivity contribution in [2.24, 2.45) is 4.99 Å². The molecule has 5 nitrogen and oxygen atoms in total. The van der Waals surface area contributed by atoms with Crippen molar-refractivity contribution in [3.63, 3.8) is 0 Å². The maximum atomic E-state index is 11.9. The molecule has 1 aliphatic rings. The van der Waals surface area contributed by atoms with Crippen LogP contribution in [0.5, 0.6) is 0 Å². The van der Waals surface area contributed by atoms with Crippen LogP contribution in [0.15, 0.2) is 40.6 Å². The number of hydrogen-bond acceptors (Lipinski definition) is 5. The maximum absolute atomic E-state index is 11.9. The van der Waals surface area contributed by atoms with Gasteiger partial charge in [-0.25, -0.2) is 4.79 Å². The van der Waals surface area contributed by atoms with E-state index in [2.05, 4.69) is 11.9 Å². The Bertz CT molecular complexity index is 659. The molecule has 1 aromatic carbocycles. The summed E-state index contributed by atoms with van der Waals surface area (Å²) in [5.74, 6) is -0.325. The number of allylic oxidation sites excluding steroid dienone is 2. The Morgan fingerprint density at radius 3 is 2.64 bits per heavy atom. The summed E-state index contributed by atoms with van der Waals surface area (Å²) in [6.45, 7) is 2.58. The number of unbranched alkanes of at least 4 members (excludes halogenated alkanes) is 3. The number of nitrogens with zero attached hydrogens (tertiary/aromatic N) is 1. The molecule has 0 heterocycles. The lowest BCUT2D eigenvalue weighted by Gasteiger charge is -2.11. The van der Waals surface area contributed by atoms with Gasteiger partial charge in [-0.15, -0.1) is 0 Å². The molecular weight excluding hydrogens is 318 g/mol. The van der Waals surface area contributed by atoms with E-state index in [1.807, 2.05) is 0 Å². The van der Waals surface area contributed by atoms with Crippen molar-refractivity contribution in [2.75, 3.05) is 6.61 Å². The second kappa shape index (κ2) is 9.77. The molecule has 1 aliphatic carbocycles. The molecule has 1 aromatic rings. The first kappa shape index (κ1) is 18.9. The third-order valence-corrected chi connectivity index (χ3v) is 4.11. The van der Waals surface area contributed by atoms with Gasteiger partial charge < -0.3 is 9.84 Å². The maximum Gasteiger partial charge on any atom is 0.338 e. The first-order valence-corrected chi connectivity index (χ1v) is 8.88. The van der Waals surface area contributed by atoms with E-state index in [1.54, 1.807) is 24.3 Å². The molecule has 0 atom stereocenters. The Balaban J connectivity index is 1.90. The Labute approximate surface area is 148 Å². The Morgan fingerprint density at radius 1 is 1.20 bits per heavy atom. The first-order valence-electron chi connectivity index (χ1n) is 8.88. The third-order valence-electron chi connectivity index (χ3n) is 4.11. The second-order valence-corrected chi connectivity index (χ2v) is 6.14. The van der Waals surface area contributed by atoms with Crippen LogP contribution in [0.25, 0.3) is 0 Å². The minimum atomic E-state index is -0.338. The number of aliphatic hydroxyl groups is 1. The van der Waals surface area contributed by atoms with Crippen LogP contribution < -0.4 is 0 Å². The van der Waals surface area contributed by atoms with Gasteiger partial charge in [-0.1, -0.05) is 26.2 Å². The lowest BCUT2D eigenvalue weighted by molar-refractivity contribution is -0.115. The minimum absolute atomic E-state index is 0.0872. The zero-order valence-electron chi connectivity index (χ0n) is 14.7. The molecule has 0 aliphatic heterocycles. The fraction of sp³-hybridized carbons (Fsp3) is 0.450. The smallest absolute Gasteiger partial charge is 0.338 e. The molecule has 1 N–H and O–H groups in total. The number of hydrogen-bond donors (Lipinski definition) is 1. The lowest BCUT2D eigenvalue weighted by atomic mass is 9.97. The number of ether oxygens (including phenoxy) is 1.